The summed E-state index contributed by atoms with van der Waals surface area (Å²) >= 11 is 0. The summed E-state index contributed by atoms with van der Waals surface area (Å²) < 4.78 is 26.6. The summed E-state index contributed by atoms with van der Waals surface area (Å²) in [5.74, 6) is -1.28. The van der Waals surface area contributed by atoms with Crippen molar-refractivity contribution in [1.82, 2.24) is 4.31 Å². The van der Waals surface area contributed by atoms with E-state index in [4.69, 9.17) is 5.11 Å². The van der Waals surface area contributed by atoms with Crippen LogP contribution in [0.3, 0.4) is 0 Å². The zero-order valence-electron chi connectivity index (χ0n) is 12.4. The van der Waals surface area contributed by atoms with Crippen molar-refractivity contribution in [2.24, 2.45) is 0 Å². The largest absolute Gasteiger partial charge is 0.480 e. The van der Waals surface area contributed by atoms with Crippen LogP contribution >= 0.6 is 0 Å². The Morgan fingerprint density at radius 3 is 2.43 bits per heavy atom. The van der Waals surface area contributed by atoms with Crippen LogP contribution in [0, 0.1) is 10.1 Å². The average Bonchev–Trinajstić information content (AvgIpc) is 2.53. The molecule has 1 aliphatic carbocycles. The van der Waals surface area contributed by atoms with Crippen LogP contribution in [0.25, 0.3) is 0 Å². The van der Waals surface area contributed by atoms with Crippen molar-refractivity contribution >= 4 is 21.7 Å². The summed E-state index contributed by atoms with van der Waals surface area (Å²) in [5, 5.41) is 20.2. The molecule has 1 aromatic rings. The van der Waals surface area contributed by atoms with E-state index in [9.17, 15) is 23.3 Å². The SMILES string of the molecule is O=C(O)CN(C1CCCCC1)S(=O)(=O)c1ccccc1[N+](=O)[O-]. The van der Waals surface area contributed by atoms with Crippen LogP contribution in [0.4, 0.5) is 5.69 Å². The normalized spacial score (nSPS) is 16.4. The van der Waals surface area contributed by atoms with E-state index < -0.39 is 44.1 Å². The molecule has 0 spiro atoms. The van der Waals surface area contributed by atoms with Gasteiger partial charge in [0.05, 0.1) is 4.92 Å². The molecule has 1 saturated carbocycles. The van der Waals surface area contributed by atoms with Crippen molar-refractivity contribution in [3.05, 3.63) is 34.4 Å². The van der Waals surface area contributed by atoms with E-state index in [2.05, 4.69) is 0 Å². The lowest BCUT2D eigenvalue weighted by molar-refractivity contribution is -0.387. The summed E-state index contributed by atoms with van der Waals surface area (Å²) in [6.07, 6.45) is 3.73. The highest BCUT2D eigenvalue weighted by Gasteiger charge is 2.37. The topological polar surface area (TPSA) is 118 Å². The quantitative estimate of drug-likeness (QED) is 0.624. The van der Waals surface area contributed by atoms with Gasteiger partial charge in [-0.15, -0.1) is 0 Å². The lowest BCUT2D eigenvalue weighted by atomic mass is 9.95. The second-order valence-electron chi connectivity index (χ2n) is 5.46. The van der Waals surface area contributed by atoms with Gasteiger partial charge in [-0.2, -0.15) is 4.31 Å². The molecule has 1 aliphatic rings. The van der Waals surface area contributed by atoms with E-state index in [-0.39, 0.29) is 0 Å². The fourth-order valence-corrected chi connectivity index (χ4v) is 4.66. The second kappa shape index (κ2) is 7.05. The number of nitro benzene ring substituents is 1. The number of benzene rings is 1. The van der Waals surface area contributed by atoms with E-state index in [1.807, 2.05) is 0 Å². The Labute approximate surface area is 133 Å². The molecule has 0 amide bonds. The van der Waals surface area contributed by atoms with Crippen molar-refractivity contribution in [2.75, 3.05) is 6.54 Å². The summed E-state index contributed by atoms with van der Waals surface area (Å²) in [4.78, 5) is 21.0. The molecule has 23 heavy (non-hydrogen) atoms. The highest BCUT2D eigenvalue weighted by molar-refractivity contribution is 7.89. The Bertz CT molecular complexity index is 697. The molecule has 0 saturated heterocycles. The number of carboxylic acids is 1. The molecule has 0 radical (unpaired) electrons. The molecule has 1 aromatic carbocycles. The summed E-state index contributed by atoms with van der Waals surface area (Å²) in [6, 6.07) is 4.57. The van der Waals surface area contributed by atoms with E-state index in [1.54, 1.807) is 0 Å². The van der Waals surface area contributed by atoms with Crippen molar-refractivity contribution in [3.63, 3.8) is 0 Å². The van der Waals surface area contributed by atoms with Crippen LogP contribution in [0.2, 0.25) is 0 Å². The van der Waals surface area contributed by atoms with Crippen molar-refractivity contribution in [1.29, 1.82) is 0 Å². The van der Waals surface area contributed by atoms with Gasteiger partial charge >= 0.3 is 5.97 Å². The highest BCUT2D eigenvalue weighted by atomic mass is 32.2. The third-order valence-corrected chi connectivity index (χ3v) is 5.87. The number of para-hydroxylation sites is 1. The first-order valence-corrected chi connectivity index (χ1v) is 8.75. The molecule has 126 valence electrons. The van der Waals surface area contributed by atoms with Crippen LogP contribution < -0.4 is 0 Å². The van der Waals surface area contributed by atoms with Gasteiger partial charge in [0, 0.05) is 12.1 Å². The molecule has 1 N–H and O–H groups in total. The molecular weight excluding hydrogens is 324 g/mol. The minimum absolute atomic E-state index is 0.440. The first kappa shape index (κ1) is 17.4. The van der Waals surface area contributed by atoms with Gasteiger partial charge in [0.1, 0.15) is 6.54 Å². The Morgan fingerprint density at radius 2 is 1.87 bits per heavy atom. The Kier molecular flexibility index (Phi) is 5.32. The lowest BCUT2D eigenvalue weighted by Gasteiger charge is -2.32. The summed E-state index contributed by atoms with van der Waals surface area (Å²) in [7, 11) is -4.26. The van der Waals surface area contributed by atoms with E-state index in [1.165, 1.54) is 12.1 Å². The predicted molar refractivity (Wildman–Crippen MR) is 81.5 cm³/mol. The van der Waals surface area contributed by atoms with Crippen LogP contribution in [0.5, 0.6) is 0 Å². The van der Waals surface area contributed by atoms with Crippen LogP contribution in [-0.2, 0) is 14.8 Å². The average molecular weight is 342 g/mol. The van der Waals surface area contributed by atoms with Gasteiger partial charge in [-0.3, -0.25) is 14.9 Å². The van der Waals surface area contributed by atoms with Gasteiger partial charge in [0.15, 0.2) is 4.90 Å². The van der Waals surface area contributed by atoms with Gasteiger partial charge in [0.2, 0.25) is 0 Å². The number of hydrogen-bond acceptors (Lipinski definition) is 5. The van der Waals surface area contributed by atoms with Gasteiger partial charge in [0.25, 0.3) is 15.7 Å². The number of nitrogens with zero attached hydrogens (tertiary/aromatic N) is 2. The fraction of sp³-hybridized carbons (Fsp3) is 0.500. The zero-order valence-corrected chi connectivity index (χ0v) is 13.2. The Balaban J connectivity index is 2.47. The van der Waals surface area contributed by atoms with Crippen molar-refractivity contribution < 1.29 is 23.2 Å². The van der Waals surface area contributed by atoms with Gasteiger partial charge in [-0.25, -0.2) is 8.42 Å². The maximum atomic E-state index is 12.9. The third kappa shape index (κ3) is 3.85. The lowest BCUT2D eigenvalue weighted by Crippen LogP contribution is -2.44. The number of rotatable bonds is 6. The minimum atomic E-state index is -4.26. The van der Waals surface area contributed by atoms with E-state index >= 15 is 0 Å². The maximum Gasteiger partial charge on any atom is 0.318 e. The Hall–Kier alpha value is -2.00. The second-order valence-corrected chi connectivity index (χ2v) is 7.32. The van der Waals surface area contributed by atoms with Crippen LogP contribution in [0.1, 0.15) is 32.1 Å². The zero-order chi connectivity index (χ0) is 17.0. The molecule has 0 aliphatic heterocycles. The monoisotopic (exact) mass is 342 g/mol. The molecule has 0 aromatic heterocycles. The smallest absolute Gasteiger partial charge is 0.318 e. The number of sulfonamides is 1. The van der Waals surface area contributed by atoms with E-state index in [0.29, 0.717) is 12.8 Å². The molecule has 2 rings (SSSR count). The van der Waals surface area contributed by atoms with Crippen LogP contribution in [-0.4, -0.2) is 41.3 Å². The number of aliphatic carboxylic acids is 1. The van der Waals surface area contributed by atoms with Crippen molar-refractivity contribution in [2.45, 2.75) is 43.0 Å². The number of carboxylic acid groups (broad SMARTS) is 1. The molecule has 0 unspecified atom stereocenters. The molecule has 1 fully saturated rings. The maximum absolute atomic E-state index is 12.9. The first-order valence-electron chi connectivity index (χ1n) is 7.31. The fourth-order valence-electron chi connectivity index (χ4n) is 2.87. The third-order valence-electron chi connectivity index (χ3n) is 3.92. The molecule has 0 atom stereocenters. The molecule has 0 bridgehead atoms. The molecule has 8 nitrogen and oxygen atoms in total. The summed E-state index contributed by atoms with van der Waals surface area (Å²) in [6.45, 7) is -0.695. The Morgan fingerprint density at radius 1 is 1.26 bits per heavy atom. The molecule has 9 heteroatoms. The molecular formula is C14H18N2O6S. The number of hydrogen-bond donors (Lipinski definition) is 1. The van der Waals surface area contributed by atoms with E-state index in [0.717, 1.165) is 35.7 Å². The standard InChI is InChI=1S/C14H18N2O6S/c17-14(18)10-15(11-6-2-1-3-7-11)23(21,22)13-9-5-4-8-12(13)16(19)20/h4-5,8-9,11H,1-3,6-7,10H2,(H,17,18). The van der Waals surface area contributed by atoms with Gasteiger partial charge in [-0.1, -0.05) is 31.4 Å². The first-order chi connectivity index (χ1) is 10.8. The summed E-state index contributed by atoms with van der Waals surface area (Å²) in [5.41, 5.74) is -0.543. The van der Waals surface area contributed by atoms with Crippen molar-refractivity contribution in [3.8, 4) is 0 Å². The van der Waals surface area contributed by atoms with Gasteiger partial charge < -0.3 is 5.11 Å². The number of carbonyl (C=O) groups is 1. The highest BCUT2D eigenvalue weighted by Crippen LogP contribution is 2.31. The van der Waals surface area contributed by atoms with Crippen LogP contribution in [0.15, 0.2) is 29.2 Å². The molecule has 0 heterocycles. The predicted octanol–water partition coefficient (Wildman–Crippen LogP) is 2.00. The van der Waals surface area contributed by atoms with Gasteiger partial charge in [-0.05, 0) is 18.9 Å². The minimum Gasteiger partial charge on any atom is -0.480 e. The number of nitro groups is 1.